The molecular weight excluding hydrogens is 208 g/mol. The fourth-order valence-corrected chi connectivity index (χ4v) is 4.17. The second-order valence-corrected chi connectivity index (χ2v) is 7.84. The van der Waals surface area contributed by atoms with E-state index in [2.05, 4.69) is 34.6 Å². The molecule has 0 N–H and O–H groups in total. The minimum Gasteiger partial charge on any atom is -0.303 e. The van der Waals surface area contributed by atoms with Crippen molar-refractivity contribution in [1.82, 2.24) is 0 Å². The smallest absolute Gasteiger partial charge is 0.123 e. The van der Waals surface area contributed by atoms with Crippen molar-refractivity contribution in [3.05, 3.63) is 0 Å². The third-order valence-corrected chi connectivity index (χ3v) is 5.82. The summed E-state index contributed by atoms with van der Waals surface area (Å²) in [6, 6.07) is 0. The molecule has 0 aromatic carbocycles. The van der Waals surface area contributed by atoms with Gasteiger partial charge in [-0.1, -0.05) is 34.6 Å². The number of carbonyl (C=O) groups is 1. The summed E-state index contributed by atoms with van der Waals surface area (Å²) in [4.78, 5) is 11.2. The molecule has 2 aliphatic rings. The van der Waals surface area contributed by atoms with Gasteiger partial charge in [-0.25, -0.2) is 0 Å². The van der Waals surface area contributed by atoms with Gasteiger partial charge in [0.25, 0.3) is 0 Å². The highest BCUT2D eigenvalue weighted by atomic mass is 16.1. The zero-order valence-corrected chi connectivity index (χ0v) is 12.1. The number of carbonyl (C=O) groups excluding carboxylic acids is 1. The van der Waals surface area contributed by atoms with E-state index in [1.807, 2.05) is 0 Å². The minimum atomic E-state index is 0.262. The SMILES string of the molecule is CC(C)C(C=O)CC1(C)CCC2C(C1)C2(C)C. The quantitative estimate of drug-likeness (QED) is 0.665. The molecular formula is C16H28O. The molecule has 2 saturated carbocycles. The van der Waals surface area contributed by atoms with Gasteiger partial charge in [0, 0.05) is 5.92 Å². The van der Waals surface area contributed by atoms with Gasteiger partial charge < -0.3 is 4.79 Å². The molecule has 17 heavy (non-hydrogen) atoms. The maximum atomic E-state index is 11.2. The predicted molar refractivity (Wildman–Crippen MR) is 71.7 cm³/mol. The van der Waals surface area contributed by atoms with Crippen LogP contribution in [0.2, 0.25) is 0 Å². The summed E-state index contributed by atoms with van der Waals surface area (Å²) in [7, 11) is 0. The molecule has 4 unspecified atom stereocenters. The van der Waals surface area contributed by atoms with E-state index in [1.165, 1.54) is 25.5 Å². The Balaban J connectivity index is 1.99. The topological polar surface area (TPSA) is 17.1 Å². The molecule has 2 aliphatic carbocycles. The van der Waals surface area contributed by atoms with Crippen LogP contribution in [-0.2, 0) is 4.79 Å². The lowest BCUT2D eigenvalue weighted by molar-refractivity contribution is -0.113. The number of hydrogen-bond donors (Lipinski definition) is 0. The fourth-order valence-electron chi connectivity index (χ4n) is 4.17. The van der Waals surface area contributed by atoms with Crippen molar-refractivity contribution in [1.29, 1.82) is 0 Å². The van der Waals surface area contributed by atoms with Crippen LogP contribution in [-0.4, -0.2) is 6.29 Å². The lowest BCUT2D eigenvalue weighted by Gasteiger charge is -2.36. The Labute approximate surface area is 106 Å². The first-order valence-corrected chi connectivity index (χ1v) is 7.25. The van der Waals surface area contributed by atoms with E-state index in [0.29, 0.717) is 16.7 Å². The van der Waals surface area contributed by atoms with E-state index in [0.717, 1.165) is 18.3 Å². The zero-order valence-electron chi connectivity index (χ0n) is 12.1. The number of hydrogen-bond acceptors (Lipinski definition) is 1. The van der Waals surface area contributed by atoms with Crippen molar-refractivity contribution >= 4 is 6.29 Å². The molecule has 0 saturated heterocycles. The monoisotopic (exact) mass is 236 g/mol. The maximum Gasteiger partial charge on any atom is 0.123 e. The molecule has 0 spiro atoms. The van der Waals surface area contributed by atoms with Gasteiger partial charge in [0.05, 0.1) is 0 Å². The Kier molecular flexibility index (Phi) is 3.16. The summed E-state index contributed by atoms with van der Waals surface area (Å²) in [6.07, 6.45) is 6.36. The molecule has 0 heterocycles. The number of aldehydes is 1. The first-order chi connectivity index (χ1) is 7.80. The van der Waals surface area contributed by atoms with Crippen LogP contribution >= 0.6 is 0 Å². The van der Waals surface area contributed by atoms with E-state index in [9.17, 15) is 4.79 Å². The van der Waals surface area contributed by atoms with Crippen molar-refractivity contribution in [2.45, 2.75) is 60.3 Å². The van der Waals surface area contributed by atoms with E-state index in [1.54, 1.807) is 0 Å². The molecule has 0 aliphatic heterocycles. The Hall–Kier alpha value is -0.330. The molecule has 98 valence electrons. The van der Waals surface area contributed by atoms with Crippen molar-refractivity contribution in [3.63, 3.8) is 0 Å². The van der Waals surface area contributed by atoms with Gasteiger partial charge in [-0.05, 0) is 54.3 Å². The van der Waals surface area contributed by atoms with Crippen LogP contribution in [0.3, 0.4) is 0 Å². The molecule has 0 bridgehead atoms. The third-order valence-electron chi connectivity index (χ3n) is 5.82. The number of rotatable bonds is 4. The van der Waals surface area contributed by atoms with Crippen molar-refractivity contribution in [2.75, 3.05) is 0 Å². The predicted octanol–water partition coefficient (Wildman–Crippen LogP) is 4.31. The molecule has 1 heteroatoms. The summed E-state index contributed by atoms with van der Waals surface area (Å²) < 4.78 is 0. The lowest BCUT2D eigenvalue weighted by Crippen LogP contribution is -2.27. The standard InChI is InChI=1S/C16H28O/c1-11(2)12(10-17)8-16(5)7-6-13-14(9-16)15(13,3)4/h10-14H,6-9H2,1-5H3. The van der Waals surface area contributed by atoms with E-state index >= 15 is 0 Å². The van der Waals surface area contributed by atoms with Crippen LogP contribution in [0.1, 0.15) is 60.3 Å². The highest BCUT2D eigenvalue weighted by Crippen LogP contribution is 2.68. The second kappa shape index (κ2) is 4.10. The van der Waals surface area contributed by atoms with Crippen LogP contribution in [0.25, 0.3) is 0 Å². The molecule has 1 nitrogen and oxygen atoms in total. The summed E-state index contributed by atoms with van der Waals surface area (Å²) in [5, 5.41) is 0. The Morgan fingerprint density at radius 2 is 1.88 bits per heavy atom. The van der Waals surface area contributed by atoms with Gasteiger partial charge in [0.2, 0.25) is 0 Å². The molecule has 0 radical (unpaired) electrons. The highest BCUT2D eigenvalue weighted by molar-refractivity contribution is 5.54. The summed E-state index contributed by atoms with van der Waals surface area (Å²) in [5.74, 6) is 2.66. The first-order valence-electron chi connectivity index (χ1n) is 7.25. The van der Waals surface area contributed by atoms with Gasteiger partial charge in [-0.2, -0.15) is 0 Å². The average molecular weight is 236 g/mol. The second-order valence-electron chi connectivity index (χ2n) is 7.84. The van der Waals surface area contributed by atoms with Gasteiger partial charge in [0.1, 0.15) is 6.29 Å². The normalized spacial score (nSPS) is 40.8. The van der Waals surface area contributed by atoms with Crippen LogP contribution in [0.4, 0.5) is 0 Å². The molecule has 2 rings (SSSR count). The fraction of sp³-hybridized carbons (Fsp3) is 0.938. The molecule has 2 fully saturated rings. The van der Waals surface area contributed by atoms with Crippen LogP contribution < -0.4 is 0 Å². The van der Waals surface area contributed by atoms with Gasteiger partial charge in [-0.3, -0.25) is 0 Å². The largest absolute Gasteiger partial charge is 0.303 e. The summed E-state index contributed by atoms with van der Waals surface area (Å²) in [6.45, 7) is 11.6. The van der Waals surface area contributed by atoms with Crippen molar-refractivity contribution in [3.8, 4) is 0 Å². The lowest BCUT2D eigenvalue weighted by atomic mass is 9.69. The van der Waals surface area contributed by atoms with Crippen LogP contribution in [0.15, 0.2) is 0 Å². The third kappa shape index (κ3) is 2.30. The zero-order chi connectivity index (χ0) is 12.8. The van der Waals surface area contributed by atoms with Gasteiger partial charge >= 0.3 is 0 Å². The Morgan fingerprint density at radius 3 is 2.35 bits per heavy atom. The van der Waals surface area contributed by atoms with E-state index < -0.39 is 0 Å². The number of fused-ring (bicyclic) bond motifs is 1. The van der Waals surface area contributed by atoms with Gasteiger partial charge in [0.15, 0.2) is 0 Å². The van der Waals surface area contributed by atoms with E-state index in [-0.39, 0.29) is 5.92 Å². The molecule has 0 aromatic heterocycles. The van der Waals surface area contributed by atoms with Crippen LogP contribution in [0.5, 0.6) is 0 Å². The summed E-state index contributed by atoms with van der Waals surface area (Å²) >= 11 is 0. The first kappa shape index (κ1) is 13.1. The van der Waals surface area contributed by atoms with Crippen LogP contribution in [0, 0.1) is 34.5 Å². The summed E-state index contributed by atoms with van der Waals surface area (Å²) in [5.41, 5.74) is 1.01. The molecule has 4 atom stereocenters. The Bertz CT molecular complexity index is 305. The maximum absolute atomic E-state index is 11.2. The highest BCUT2D eigenvalue weighted by Gasteiger charge is 2.61. The van der Waals surface area contributed by atoms with E-state index in [4.69, 9.17) is 0 Å². The molecule has 0 aromatic rings. The van der Waals surface area contributed by atoms with Crippen molar-refractivity contribution < 1.29 is 4.79 Å². The van der Waals surface area contributed by atoms with Crippen molar-refractivity contribution in [2.24, 2.45) is 34.5 Å². The minimum absolute atomic E-state index is 0.262. The Morgan fingerprint density at radius 1 is 1.24 bits per heavy atom. The average Bonchev–Trinajstić information content (AvgIpc) is 2.76. The molecule has 0 amide bonds. The van der Waals surface area contributed by atoms with Gasteiger partial charge in [-0.15, -0.1) is 0 Å².